The zero-order chi connectivity index (χ0) is 22.2. The standard InChI is InChI=1S/C27H31N3O2/c1-19-17-23(27(32)29-16-15-28(2)18-24(29)26(31)21-13-14-21)25(20-9-5-3-6-10-20)30(19)22-11-7-4-8-12-22/h3-12,17,21,24,26,31H,13-16,18H2,1-2H3/t24?,26-/m1/s1. The van der Waals surface area contributed by atoms with Crippen molar-refractivity contribution in [3.63, 3.8) is 0 Å². The van der Waals surface area contributed by atoms with E-state index in [1.165, 1.54) is 0 Å². The largest absolute Gasteiger partial charge is 0.391 e. The Labute approximate surface area is 189 Å². The van der Waals surface area contributed by atoms with Crippen LogP contribution in [0.3, 0.4) is 0 Å². The first-order valence-electron chi connectivity index (χ1n) is 11.6. The molecule has 5 rings (SSSR count). The van der Waals surface area contributed by atoms with Gasteiger partial charge in [-0.15, -0.1) is 0 Å². The molecular formula is C27H31N3O2. The van der Waals surface area contributed by atoms with Crippen molar-refractivity contribution in [3.05, 3.63) is 78.0 Å². The van der Waals surface area contributed by atoms with Crippen molar-refractivity contribution in [2.75, 3.05) is 26.7 Å². The fourth-order valence-electron chi connectivity index (χ4n) is 5.00. The zero-order valence-corrected chi connectivity index (χ0v) is 18.8. The predicted molar refractivity (Wildman–Crippen MR) is 127 cm³/mol. The SMILES string of the molecule is Cc1cc(C(=O)N2CCN(C)CC2[C@H](O)C2CC2)c(-c2ccccc2)n1-c1ccccc1. The summed E-state index contributed by atoms with van der Waals surface area (Å²) in [5.74, 6) is 0.338. The van der Waals surface area contributed by atoms with Gasteiger partial charge in [0, 0.05) is 31.0 Å². The van der Waals surface area contributed by atoms with Gasteiger partial charge in [0.15, 0.2) is 0 Å². The minimum atomic E-state index is -0.459. The number of carbonyl (C=O) groups is 1. The van der Waals surface area contributed by atoms with E-state index in [0.717, 1.165) is 42.0 Å². The fourth-order valence-corrected chi connectivity index (χ4v) is 5.00. The number of aryl methyl sites for hydroxylation is 1. The summed E-state index contributed by atoms with van der Waals surface area (Å²) >= 11 is 0. The van der Waals surface area contributed by atoms with Gasteiger partial charge in [0.1, 0.15) is 0 Å². The van der Waals surface area contributed by atoms with Crippen LogP contribution in [0.2, 0.25) is 0 Å². The lowest BCUT2D eigenvalue weighted by Crippen LogP contribution is -2.59. The lowest BCUT2D eigenvalue weighted by atomic mass is 9.99. The quantitative estimate of drug-likeness (QED) is 0.667. The number of aliphatic hydroxyl groups excluding tert-OH is 1. The number of rotatable bonds is 5. The van der Waals surface area contributed by atoms with Crippen LogP contribution in [-0.2, 0) is 0 Å². The molecule has 32 heavy (non-hydrogen) atoms. The van der Waals surface area contributed by atoms with Crippen molar-refractivity contribution >= 4 is 5.91 Å². The third kappa shape index (κ3) is 3.87. The van der Waals surface area contributed by atoms with Gasteiger partial charge < -0.3 is 19.5 Å². The Kier molecular flexibility index (Phi) is 5.62. The second-order valence-electron chi connectivity index (χ2n) is 9.24. The summed E-state index contributed by atoms with van der Waals surface area (Å²) < 4.78 is 2.17. The molecule has 1 aromatic heterocycles. The van der Waals surface area contributed by atoms with Gasteiger partial charge in [-0.25, -0.2) is 0 Å². The molecule has 1 N–H and O–H groups in total. The molecule has 0 spiro atoms. The van der Waals surface area contributed by atoms with Gasteiger partial charge >= 0.3 is 0 Å². The number of amides is 1. The van der Waals surface area contributed by atoms with Gasteiger partial charge in [0.2, 0.25) is 0 Å². The molecule has 2 atom stereocenters. The van der Waals surface area contributed by atoms with Crippen molar-refractivity contribution in [3.8, 4) is 16.9 Å². The minimum Gasteiger partial charge on any atom is -0.391 e. The number of benzene rings is 2. The number of hydrogen-bond donors (Lipinski definition) is 1. The van der Waals surface area contributed by atoms with E-state index in [1.807, 2.05) is 47.4 Å². The Morgan fingerprint density at radius 2 is 1.66 bits per heavy atom. The Hall–Kier alpha value is -2.89. The van der Waals surface area contributed by atoms with E-state index in [1.54, 1.807) is 0 Å². The fraction of sp³-hybridized carbons (Fsp3) is 0.370. The van der Waals surface area contributed by atoms with Crippen molar-refractivity contribution < 1.29 is 9.90 Å². The average molecular weight is 430 g/mol. The molecule has 5 nitrogen and oxygen atoms in total. The highest BCUT2D eigenvalue weighted by atomic mass is 16.3. The molecule has 0 bridgehead atoms. The van der Waals surface area contributed by atoms with Crippen LogP contribution in [-0.4, -0.2) is 64.2 Å². The molecule has 1 aliphatic carbocycles. The molecule has 2 heterocycles. The molecule has 1 saturated carbocycles. The number of aliphatic hydroxyl groups is 1. The number of para-hydroxylation sites is 1. The lowest BCUT2D eigenvalue weighted by Gasteiger charge is -2.42. The van der Waals surface area contributed by atoms with Crippen LogP contribution >= 0.6 is 0 Å². The number of piperazine rings is 1. The Bertz CT molecular complexity index is 1090. The maximum absolute atomic E-state index is 14.0. The first-order valence-corrected chi connectivity index (χ1v) is 11.6. The van der Waals surface area contributed by atoms with E-state index in [-0.39, 0.29) is 11.9 Å². The van der Waals surface area contributed by atoms with Crippen molar-refractivity contribution in [2.45, 2.75) is 31.9 Å². The van der Waals surface area contributed by atoms with Crippen molar-refractivity contribution in [2.24, 2.45) is 5.92 Å². The van der Waals surface area contributed by atoms with Crippen LogP contribution in [0.25, 0.3) is 16.9 Å². The van der Waals surface area contributed by atoms with Gasteiger partial charge in [-0.3, -0.25) is 4.79 Å². The molecule has 1 amide bonds. The predicted octanol–water partition coefficient (Wildman–Crippen LogP) is 3.98. The summed E-state index contributed by atoms with van der Waals surface area (Å²) in [5.41, 5.74) is 4.69. The van der Waals surface area contributed by atoms with Crippen LogP contribution in [0.1, 0.15) is 28.9 Å². The minimum absolute atomic E-state index is 0.0134. The van der Waals surface area contributed by atoms with Crippen molar-refractivity contribution in [1.29, 1.82) is 0 Å². The van der Waals surface area contributed by atoms with Crippen molar-refractivity contribution in [1.82, 2.24) is 14.4 Å². The average Bonchev–Trinajstić information content (AvgIpc) is 3.61. The van der Waals surface area contributed by atoms with Gasteiger partial charge in [-0.1, -0.05) is 48.5 Å². The zero-order valence-electron chi connectivity index (χ0n) is 18.8. The number of aromatic nitrogens is 1. The number of carbonyl (C=O) groups excluding carboxylic acids is 1. The van der Waals surface area contributed by atoms with Gasteiger partial charge in [0.05, 0.1) is 23.4 Å². The van der Waals surface area contributed by atoms with Crippen LogP contribution in [0.5, 0.6) is 0 Å². The summed E-state index contributed by atoms with van der Waals surface area (Å²) in [5, 5.41) is 11.0. The van der Waals surface area contributed by atoms with E-state index >= 15 is 0 Å². The monoisotopic (exact) mass is 429 g/mol. The molecule has 0 radical (unpaired) electrons. The molecule has 5 heteroatoms. The lowest BCUT2D eigenvalue weighted by molar-refractivity contribution is -0.00337. The summed E-state index contributed by atoms with van der Waals surface area (Å²) in [4.78, 5) is 18.2. The maximum atomic E-state index is 14.0. The summed E-state index contributed by atoms with van der Waals surface area (Å²) in [6.07, 6.45) is 1.66. The Morgan fingerprint density at radius 1 is 1.00 bits per heavy atom. The number of nitrogens with zero attached hydrogens (tertiary/aromatic N) is 3. The van der Waals surface area contributed by atoms with E-state index in [9.17, 15) is 9.90 Å². The maximum Gasteiger partial charge on any atom is 0.256 e. The second-order valence-corrected chi connectivity index (χ2v) is 9.24. The smallest absolute Gasteiger partial charge is 0.256 e. The van der Waals surface area contributed by atoms with Crippen LogP contribution in [0, 0.1) is 12.8 Å². The van der Waals surface area contributed by atoms with Crippen LogP contribution in [0.15, 0.2) is 66.7 Å². The van der Waals surface area contributed by atoms with Crippen LogP contribution in [0.4, 0.5) is 0 Å². The summed E-state index contributed by atoms with van der Waals surface area (Å²) in [6.45, 7) is 4.21. The third-order valence-electron chi connectivity index (χ3n) is 6.86. The van der Waals surface area contributed by atoms with E-state index in [4.69, 9.17) is 0 Å². The molecule has 2 aliphatic rings. The molecule has 1 aliphatic heterocycles. The molecule has 1 saturated heterocycles. The molecule has 3 aromatic rings. The van der Waals surface area contributed by atoms with E-state index in [2.05, 4.69) is 47.7 Å². The highest BCUT2D eigenvalue weighted by molar-refractivity contribution is 6.01. The normalized spacial score (nSPS) is 20.3. The van der Waals surface area contributed by atoms with E-state index in [0.29, 0.717) is 24.6 Å². The molecular weight excluding hydrogens is 398 g/mol. The molecule has 166 valence electrons. The topological polar surface area (TPSA) is 48.7 Å². The molecule has 2 fully saturated rings. The van der Waals surface area contributed by atoms with Gasteiger partial charge in [-0.2, -0.15) is 0 Å². The number of hydrogen-bond acceptors (Lipinski definition) is 3. The summed E-state index contributed by atoms with van der Waals surface area (Å²) in [7, 11) is 2.07. The first-order chi connectivity index (χ1) is 15.5. The van der Waals surface area contributed by atoms with Gasteiger partial charge in [0.25, 0.3) is 5.91 Å². The summed E-state index contributed by atoms with van der Waals surface area (Å²) in [6, 6.07) is 22.2. The first kappa shape index (κ1) is 21.0. The van der Waals surface area contributed by atoms with E-state index < -0.39 is 6.10 Å². The highest BCUT2D eigenvalue weighted by Gasteiger charge is 2.42. The Balaban J connectivity index is 1.60. The highest BCUT2D eigenvalue weighted by Crippen LogP contribution is 2.37. The van der Waals surface area contributed by atoms with Crippen LogP contribution < -0.4 is 0 Å². The second kappa shape index (κ2) is 8.57. The Morgan fingerprint density at radius 3 is 2.31 bits per heavy atom. The molecule has 1 unspecified atom stereocenters. The van der Waals surface area contributed by atoms with Gasteiger partial charge in [-0.05, 0) is 56.5 Å². The number of likely N-dealkylation sites (N-methyl/N-ethyl adjacent to an activating group) is 1. The molecule has 2 aromatic carbocycles. The third-order valence-corrected chi connectivity index (χ3v) is 6.86.